The third-order valence-electron chi connectivity index (χ3n) is 3.55. The fourth-order valence-corrected chi connectivity index (χ4v) is 3.16. The number of hydrogen-bond acceptors (Lipinski definition) is 5. The molecule has 1 heterocycles. The van der Waals surface area contributed by atoms with Crippen LogP contribution in [0.2, 0.25) is 0 Å². The Labute approximate surface area is 152 Å². The average molecular weight is 376 g/mol. The van der Waals surface area contributed by atoms with Gasteiger partial charge >= 0.3 is 0 Å². The second kappa shape index (κ2) is 7.49. The fourth-order valence-electron chi connectivity index (χ4n) is 2.33. The zero-order valence-corrected chi connectivity index (χ0v) is 14.7. The lowest BCUT2D eigenvalue weighted by Gasteiger charge is -2.10. The van der Waals surface area contributed by atoms with Gasteiger partial charge in [0.1, 0.15) is 22.3 Å². The van der Waals surface area contributed by atoms with Gasteiger partial charge in [-0.05, 0) is 24.3 Å². The van der Waals surface area contributed by atoms with Gasteiger partial charge in [0, 0.05) is 11.4 Å². The summed E-state index contributed by atoms with van der Waals surface area (Å²) >= 11 is 1.24. The van der Waals surface area contributed by atoms with E-state index < -0.39 is 17.5 Å². The van der Waals surface area contributed by atoms with Gasteiger partial charge in [0.05, 0.1) is 25.5 Å². The zero-order valence-electron chi connectivity index (χ0n) is 13.9. The van der Waals surface area contributed by atoms with Gasteiger partial charge in [-0.1, -0.05) is 6.07 Å². The molecule has 3 aromatic rings. The lowest BCUT2D eigenvalue weighted by Crippen LogP contribution is -2.13. The van der Waals surface area contributed by atoms with E-state index in [9.17, 15) is 13.6 Å². The molecule has 0 unspecified atom stereocenters. The van der Waals surface area contributed by atoms with Crippen molar-refractivity contribution >= 4 is 22.9 Å². The predicted octanol–water partition coefficient (Wildman–Crippen LogP) is 4.36. The molecule has 1 amide bonds. The number of halogens is 2. The highest BCUT2D eigenvalue weighted by atomic mass is 32.1. The first kappa shape index (κ1) is 17.8. The Morgan fingerprint density at radius 2 is 1.96 bits per heavy atom. The van der Waals surface area contributed by atoms with Crippen LogP contribution in [0.15, 0.2) is 41.8 Å². The summed E-state index contributed by atoms with van der Waals surface area (Å²) in [5.74, 6) is -1.13. The smallest absolute Gasteiger partial charge is 0.275 e. The van der Waals surface area contributed by atoms with Crippen LogP contribution in [-0.4, -0.2) is 25.1 Å². The minimum Gasteiger partial charge on any atom is -0.493 e. The highest BCUT2D eigenvalue weighted by Crippen LogP contribution is 2.39. The van der Waals surface area contributed by atoms with E-state index in [4.69, 9.17) is 9.47 Å². The molecule has 0 aliphatic carbocycles. The molecule has 0 aliphatic heterocycles. The van der Waals surface area contributed by atoms with Crippen LogP contribution in [0.1, 0.15) is 10.5 Å². The Morgan fingerprint density at radius 3 is 2.65 bits per heavy atom. The van der Waals surface area contributed by atoms with Crippen molar-refractivity contribution in [3.8, 4) is 22.1 Å². The molecule has 0 saturated heterocycles. The van der Waals surface area contributed by atoms with Crippen LogP contribution in [0.25, 0.3) is 10.6 Å². The van der Waals surface area contributed by atoms with E-state index in [0.717, 1.165) is 12.1 Å². The lowest BCUT2D eigenvalue weighted by molar-refractivity contribution is 0.102. The summed E-state index contributed by atoms with van der Waals surface area (Å²) in [5, 5.41) is 4.47. The van der Waals surface area contributed by atoms with E-state index in [1.54, 1.807) is 23.6 Å². The first-order valence-corrected chi connectivity index (χ1v) is 8.34. The molecule has 0 spiro atoms. The Hall–Kier alpha value is -3.00. The van der Waals surface area contributed by atoms with Gasteiger partial charge in [-0.2, -0.15) is 0 Å². The minimum absolute atomic E-state index is 0.110. The number of nitrogens with zero attached hydrogens (tertiary/aromatic N) is 1. The van der Waals surface area contributed by atoms with Crippen molar-refractivity contribution in [1.82, 2.24) is 4.98 Å². The largest absolute Gasteiger partial charge is 0.493 e. The van der Waals surface area contributed by atoms with E-state index in [0.29, 0.717) is 28.1 Å². The van der Waals surface area contributed by atoms with Crippen molar-refractivity contribution in [3.05, 3.63) is 59.1 Å². The van der Waals surface area contributed by atoms with E-state index in [1.165, 1.54) is 25.6 Å². The summed E-state index contributed by atoms with van der Waals surface area (Å²) in [6, 6.07) is 8.24. The van der Waals surface area contributed by atoms with Crippen LogP contribution in [0.4, 0.5) is 14.5 Å². The number of benzene rings is 2. The maximum atomic E-state index is 13.7. The normalized spacial score (nSPS) is 10.5. The number of hydrogen-bond donors (Lipinski definition) is 1. The number of carbonyl (C=O) groups is 1. The van der Waals surface area contributed by atoms with E-state index in [2.05, 4.69) is 10.3 Å². The molecule has 134 valence electrons. The molecule has 1 N–H and O–H groups in total. The van der Waals surface area contributed by atoms with E-state index >= 15 is 0 Å². The number of amides is 1. The third kappa shape index (κ3) is 3.50. The van der Waals surface area contributed by atoms with Crippen LogP contribution < -0.4 is 14.8 Å². The maximum absolute atomic E-state index is 13.7. The summed E-state index contributed by atoms with van der Waals surface area (Å²) in [7, 11) is 3.04. The molecule has 5 nitrogen and oxygen atoms in total. The summed E-state index contributed by atoms with van der Waals surface area (Å²) in [6.07, 6.45) is 0. The Morgan fingerprint density at radius 1 is 1.15 bits per heavy atom. The van der Waals surface area contributed by atoms with Crippen molar-refractivity contribution < 1.29 is 23.0 Å². The summed E-state index contributed by atoms with van der Waals surface area (Å²) in [6.45, 7) is 0. The molecular formula is C18H14F2N2O3S. The number of nitrogens with one attached hydrogen (secondary N) is 1. The second-order valence-electron chi connectivity index (χ2n) is 5.16. The van der Waals surface area contributed by atoms with Crippen LogP contribution in [0, 0.1) is 11.6 Å². The van der Waals surface area contributed by atoms with Gasteiger partial charge in [0.15, 0.2) is 11.5 Å². The molecule has 8 heteroatoms. The maximum Gasteiger partial charge on any atom is 0.275 e. The van der Waals surface area contributed by atoms with Crippen molar-refractivity contribution in [3.63, 3.8) is 0 Å². The summed E-state index contributed by atoms with van der Waals surface area (Å²) in [4.78, 5) is 16.6. The standard InChI is InChI=1S/C18H14F2N2O3S/c1-24-15-5-3-4-11(16(15)25-2)18-22-14(9-26-18)17(23)21-13-7-6-10(19)8-12(13)20/h3-9H,1-2H3,(H,21,23). The van der Waals surface area contributed by atoms with E-state index in [-0.39, 0.29) is 11.4 Å². The van der Waals surface area contributed by atoms with Crippen LogP contribution in [0.5, 0.6) is 11.5 Å². The van der Waals surface area contributed by atoms with Crippen LogP contribution in [-0.2, 0) is 0 Å². The van der Waals surface area contributed by atoms with Crippen molar-refractivity contribution in [1.29, 1.82) is 0 Å². The van der Waals surface area contributed by atoms with Gasteiger partial charge in [-0.25, -0.2) is 13.8 Å². The molecule has 0 saturated carbocycles. The van der Waals surface area contributed by atoms with E-state index in [1.807, 2.05) is 0 Å². The molecular weight excluding hydrogens is 362 g/mol. The highest BCUT2D eigenvalue weighted by Gasteiger charge is 2.18. The number of carbonyl (C=O) groups excluding carboxylic acids is 1. The summed E-state index contributed by atoms with van der Waals surface area (Å²) in [5.41, 5.74) is 0.660. The lowest BCUT2D eigenvalue weighted by atomic mass is 10.2. The number of para-hydroxylation sites is 1. The number of ether oxygens (including phenoxy) is 2. The number of thiazole rings is 1. The highest BCUT2D eigenvalue weighted by molar-refractivity contribution is 7.13. The average Bonchev–Trinajstić information content (AvgIpc) is 3.13. The molecule has 2 aromatic carbocycles. The Balaban J connectivity index is 1.87. The Bertz CT molecular complexity index is 959. The first-order chi connectivity index (χ1) is 12.5. The number of aromatic nitrogens is 1. The Kier molecular flexibility index (Phi) is 5.13. The molecule has 0 fully saturated rings. The number of rotatable bonds is 5. The summed E-state index contributed by atoms with van der Waals surface area (Å²) < 4.78 is 37.2. The molecule has 1 aromatic heterocycles. The number of methoxy groups -OCH3 is 2. The van der Waals surface area contributed by atoms with Crippen molar-refractivity contribution in [2.75, 3.05) is 19.5 Å². The van der Waals surface area contributed by atoms with Gasteiger partial charge < -0.3 is 14.8 Å². The second-order valence-corrected chi connectivity index (χ2v) is 6.02. The molecule has 0 radical (unpaired) electrons. The predicted molar refractivity (Wildman–Crippen MR) is 95.0 cm³/mol. The topological polar surface area (TPSA) is 60.5 Å². The third-order valence-corrected chi connectivity index (χ3v) is 4.43. The molecule has 0 bridgehead atoms. The molecule has 3 rings (SSSR count). The minimum atomic E-state index is -0.858. The quantitative estimate of drug-likeness (QED) is 0.719. The van der Waals surface area contributed by atoms with Crippen LogP contribution in [0.3, 0.4) is 0 Å². The fraction of sp³-hybridized carbons (Fsp3) is 0.111. The van der Waals surface area contributed by atoms with Gasteiger partial charge in [-0.15, -0.1) is 11.3 Å². The van der Waals surface area contributed by atoms with Crippen molar-refractivity contribution in [2.24, 2.45) is 0 Å². The van der Waals surface area contributed by atoms with Gasteiger partial charge in [0.2, 0.25) is 0 Å². The van der Waals surface area contributed by atoms with Crippen molar-refractivity contribution in [2.45, 2.75) is 0 Å². The molecule has 0 aliphatic rings. The zero-order chi connectivity index (χ0) is 18.7. The van der Waals surface area contributed by atoms with Gasteiger partial charge in [0.25, 0.3) is 5.91 Å². The SMILES string of the molecule is COc1cccc(-c2nc(C(=O)Nc3ccc(F)cc3F)cs2)c1OC. The first-order valence-electron chi connectivity index (χ1n) is 7.46. The van der Waals surface area contributed by atoms with Gasteiger partial charge in [-0.3, -0.25) is 4.79 Å². The molecule has 0 atom stereocenters. The molecule has 26 heavy (non-hydrogen) atoms. The number of anilines is 1. The monoisotopic (exact) mass is 376 g/mol. The van der Waals surface area contributed by atoms with Crippen LogP contribution >= 0.6 is 11.3 Å².